The van der Waals surface area contributed by atoms with Gasteiger partial charge in [0.15, 0.2) is 0 Å². The van der Waals surface area contributed by atoms with E-state index in [-0.39, 0.29) is 0 Å². The SMILES string of the molecule is c1ccc(-c2ccc(-c3cccc4c3Oc3ccccc3-c3ccc(-c5ccccc5)cc3-4)cc2)cc1. The molecule has 0 fully saturated rings. The summed E-state index contributed by atoms with van der Waals surface area (Å²) in [6, 6.07) is 51.4. The Morgan fingerprint density at radius 2 is 0.838 bits per heavy atom. The molecule has 6 aromatic rings. The molecule has 174 valence electrons. The fraction of sp³-hybridized carbons (Fsp3) is 0. The highest BCUT2D eigenvalue weighted by molar-refractivity contribution is 5.96. The van der Waals surface area contributed by atoms with E-state index in [1.54, 1.807) is 0 Å². The molecule has 7 rings (SSSR count). The van der Waals surface area contributed by atoms with Gasteiger partial charge in [0.25, 0.3) is 0 Å². The van der Waals surface area contributed by atoms with Crippen LogP contribution in [0.25, 0.3) is 55.6 Å². The molecule has 0 bridgehead atoms. The first-order valence-corrected chi connectivity index (χ1v) is 12.6. The van der Waals surface area contributed by atoms with Crippen molar-refractivity contribution in [3.63, 3.8) is 0 Å². The van der Waals surface area contributed by atoms with Gasteiger partial charge >= 0.3 is 0 Å². The summed E-state index contributed by atoms with van der Waals surface area (Å²) in [6.45, 7) is 0. The third-order valence-corrected chi connectivity index (χ3v) is 7.12. The predicted octanol–water partition coefficient (Wildman–Crippen LogP) is 10.1. The minimum absolute atomic E-state index is 0.878. The summed E-state index contributed by atoms with van der Waals surface area (Å²) in [5, 5.41) is 0. The number of para-hydroxylation sites is 2. The van der Waals surface area contributed by atoms with Gasteiger partial charge in [0.1, 0.15) is 11.5 Å². The largest absolute Gasteiger partial charge is 0.455 e. The van der Waals surface area contributed by atoms with Crippen LogP contribution >= 0.6 is 0 Å². The molecule has 0 unspecified atom stereocenters. The third kappa shape index (κ3) is 3.82. The van der Waals surface area contributed by atoms with Crippen LogP contribution in [-0.2, 0) is 0 Å². The molecule has 0 amide bonds. The van der Waals surface area contributed by atoms with Crippen LogP contribution in [0.3, 0.4) is 0 Å². The van der Waals surface area contributed by atoms with Crippen molar-refractivity contribution >= 4 is 0 Å². The van der Waals surface area contributed by atoms with Crippen molar-refractivity contribution < 1.29 is 4.74 Å². The van der Waals surface area contributed by atoms with Crippen LogP contribution < -0.4 is 4.74 Å². The topological polar surface area (TPSA) is 9.23 Å². The third-order valence-electron chi connectivity index (χ3n) is 7.12. The Morgan fingerprint density at radius 1 is 0.297 bits per heavy atom. The summed E-state index contributed by atoms with van der Waals surface area (Å²) in [6.07, 6.45) is 0. The van der Waals surface area contributed by atoms with E-state index in [9.17, 15) is 0 Å². The number of benzene rings is 6. The first kappa shape index (κ1) is 21.4. The van der Waals surface area contributed by atoms with Crippen molar-refractivity contribution in [2.45, 2.75) is 0 Å². The summed E-state index contributed by atoms with van der Waals surface area (Å²) in [5.41, 5.74) is 11.6. The lowest BCUT2D eigenvalue weighted by Gasteiger charge is -2.15. The van der Waals surface area contributed by atoms with Gasteiger partial charge in [-0.05, 0) is 51.1 Å². The lowest BCUT2D eigenvalue weighted by atomic mass is 9.89. The van der Waals surface area contributed by atoms with Crippen molar-refractivity contribution in [1.29, 1.82) is 0 Å². The van der Waals surface area contributed by atoms with Gasteiger partial charge in [-0.2, -0.15) is 0 Å². The van der Waals surface area contributed by atoms with Gasteiger partial charge in [-0.3, -0.25) is 0 Å². The monoisotopic (exact) mass is 472 g/mol. The fourth-order valence-corrected chi connectivity index (χ4v) is 5.26. The average molecular weight is 473 g/mol. The Labute approximate surface area is 217 Å². The maximum absolute atomic E-state index is 6.73. The zero-order valence-corrected chi connectivity index (χ0v) is 20.3. The zero-order valence-electron chi connectivity index (χ0n) is 20.3. The summed E-state index contributed by atoms with van der Waals surface area (Å²) in [4.78, 5) is 0. The number of hydrogen-bond donors (Lipinski definition) is 0. The van der Waals surface area contributed by atoms with E-state index in [1.807, 2.05) is 12.1 Å². The van der Waals surface area contributed by atoms with Crippen LogP contribution in [0.5, 0.6) is 11.5 Å². The van der Waals surface area contributed by atoms with Crippen LogP contribution in [0.1, 0.15) is 0 Å². The summed E-state index contributed by atoms with van der Waals surface area (Å²) in [5.74, 6) is 1.77. The van der Waals surface area contributed by atoms with Crippen LogP contribution in [0, 0.1) is 0 Å². The fourth-order valence-electron chi connectivity index (χ4n) is 5.26. The number of rotatable bonds is 3. The van der Waals surface area contributed by atoms with E-state index in [0.29, 0.717) is 0 Å². The molecule has 0 atom stereocenters. The molecule has 0 N–H and O–H groups in total. The molecule has 0 aliphatic carbocycles. The Hall–Kier alpha value is -4.88. The van der Waals surface area contributed by atoms with E-state index >= 15 is 0 Å². The first-order chi connectivity index (χ1) is 18.3. The second kappa shape index (κ2) is 8.96. The smallest absolute Gasteiger partial charge is 0.143 e. The average Bonchev–Trinajstić information content (AvgIpc) is 3.12. The molecule has 1 aliphatic rings. The molecule has 37 heavy (non-hydrogen) atoms. The first-order valence-electron chi connectivity index (χ1n) is 12.6. The van der Waals surface area contributed by atoms with Crippen LogP contribution in [0.4, 0.5) is 0 Å². The van der Waals surface area contributed by atoms with E-state index < -0.39 is 0 Å². The quantitative estimate of drug-likeness (QED) is 0.248. The summed E-state index contributed by atoms with van der Waals surface area (Å²) < 4.78 is 6.73. The molecule has 0 saturated carbocycles. The normalized spacial score (nSPS) is 11.5. The van der Waals surface area contributed by atoms with Crippen molar-refractivity contribution in [3.05, 3.63) is 146 Å². The van der Waals surface area contributed by atoms with Gasteiger partial charge in [0, 0.05) is 16.7 Å². The van der Waals surface area contributed by atoms with Crippen molar-refractivity contribution in [2.24, 2.45) is 0 Å². The maximum atomic E-state index is 6.73. The molecule has 1 heterocycles. The van der Waals surface area contributed by atoms with Crippen LogP contribution in [-0.4, -0.2) is 0 Å². The van der Waals surface area contributed by atoms with Crippen LogP contribution in [0.2, 0.25) is 0 Å². The van der Waals surface area contributed by atoms with E-state index in [1.165, 1.54) is 33.4 Å². The van der Waals surface area contributed by atoms with Gasteiger partial charge in [0.05, 0.1) is 0 Å². The second-order valence-corrected chi connectivity index (χ2v) is 9.35. The van der Waals surface area contributed by atoms with Gasteiger partial charge in [0.2, 0.25) is 0 Å². The zero-order chi connectivity index (χ0) is 24.6. The number of hydrogen-bond acceptors (Lipinski definition) is 1. The lowest BCUT2D eigenvalue weighted by molar-refractivity contribution is 0.489. The van der Waals surface area contributed by atoms with Crippen molar-refractivity contribution in [1.82, 2.24) is 0 Å². The van der Waals surface area contributed by atoms with E-state index in [0.717, 1.165) is 33.8 Å². The predicted molar refractivity (Wildman–Crippen MR) is 154 cm³/mol. The van der Waals surface area contributed by atoms with Crippen LogP contribution in [0.15, 0.2) is 146 Å². The molecule has 0 spiro atoms. The number of ether oxygens (including phenoxy) is 1. The Kier molecular flexibility index (Phi) is 5.19. The minimum atomic E-state index is 0.878. The minimum Gasteiger partial charge on any atom is -0.455 e. The van der Waals surface area contributed by atoms with E-state index in [4.69, 9.17) is 4.74 Å². The molecule has 1 heteroatoms. The molecule has 1 aliphatic heterocycles. The Morgan fingerprint density at radius 3 is 1.59 bits per heavy atom. The molecule has 0 radical (unpaired) electrons. The second-order valence-electron chi connectivity index (χ2n) is 9.35. The highest BCUT2D eigenvalue weighted by Crippen LogP contribution is 2.50. The standard InChI is InChI=1S/C36H24O/c1-3-10-25(11-4-1)27-18-20-28(21-19-27)30-15-9-16-33-34-24-29(26-12-5-2-6-13-26)22-23-31(34)32-14-7-8-17-35(32)37-36(30)33/h1-24H. The highest BCUT2D eigenvalue weighted by Gasteiger charge is 2.23. The van der Waals surface area contributed by atoms with Crippen molar-refractivity contribution in [2.75, 3.05) is 0 Å². The molecular formula is C36H24O. The van der Waals surface area contributed by atoms with Crippen molar-refractivity contribution in [3.8, 4) is 67.1 Å². The Balaban J connectivity index is 1.42. The molecular weight excluding hydrogens is 448 g/mol. The van der Waals surface area contributed by atoms with E-state index in [2.05, 4.69) is 133 Å². The highest BCUT2D eigenvalue weighted by atomic mass is 16.5. The summed E-state index contributed by atoms with van der Waals surface area (Å²) in [7, 11) is 0. The van der Waals surface area contributed by atoms with Gasteiger partial charge in [-0.15, -0.1) is 0 Å². The summed E-state index contributed by atoms with van der Waals surface area (Å²) >= 11 is 0. The molecule has 0 saturated heterocycles. The Bertz CT molecular complexity index is 1720. The molecule has 0 aromatic heterocycles. The lowest BCUT2D eigenvalue weighted by Crippen LogP contribution is -1.91. The van der Waals surface area contributed by atoms with Gasteiger partial charge < -0.3 is 4.74 Å². The number of fused-ring (bicyclic) bond motifs is 5. The van der Waals surface area contributed by atoms with Gasteiger partial charge in [-0.1, -0.05) is 133 Å². The molecule has 1 nitrogen and oxygen atoms in total. The maximum Gasteiger partial charge on any atom is 0.143 e. The van der Waals surface area contributed by atoms with Gasteiger partial charge in [-0.25, -0.2) is 0 Å². The molecule has 6 aromatic carbocycles.